The van der Waals surface area contributed by atoms with E-state index in [1.807, 2.05) is 0 Å². The van der Waals surface area contributed by atoms with Gasteiger partial charge in [0.2, 0.25) is 5.91 Å². The molecule has 0 aliphatic heterocycles. The van der Waals surface area contributed by atoms with E-state index in [0.717, 1.165) is 4.31 Å². The first kappa shape index (κ1) is 23.6. The summed E-state index contributed by atoms with van der Waals surface area (Å²) in [6.45, 7) is 2.60. The van der Waals surface area contributed by atoms with E-state index in [1.165, 1.54) is 31.5 Å². The SMILES string of the molecule is CC(=O)Nc1cccc(/C(C)=N\NC(=O)CN(c2cccnc2)S(=O)(=O)c2ccccc2)c1. The van der Waals surface area contributed by atoms with Gasteiger partial charge in [0.1, 0.15) is 6.54 Å². The lowest BCUT2D eigenvalue weighted by atomic mass is 10.1. The van der Waals surface area contributed by atoms with Crippen LogP contribution in [0.15, 0.2) is 89.1 Å². The van der Waals surface area contributed by atoms with Gasteiger partial charge in [-0.3, -0.25) is 18.9 Å². The smallest absolute Gasteiger partial charge is 0.264 e. The number of nitrogens with one attached hydrogen (secondary N) is 2. The molecule has 0 aliphatic carbocycles. The molecule has 10 heteroatoms. The topological polar surface area (TPSA) is 121 Å². The van der Waals surface area contributed by atoms with Gasteiger partial charge in [0.15, 0.2) is 0 Å². The number of hydrogen-bond donors (Lipinski definition) is 2. The van der Waals surface area contributed by atoms with Crippen LogP contribution >= 0.6 is 0 Å². The Kier molecular flexibility index (Phi) is 7.52. The van der Waals surface area contributed by atoms with Crippen LogP contribution in [0.1, 0.15) is 19.4 Å². The minimum Gasteiger partial charge on any atom is -0.326 e. The lowest BCUT2D eigenvalue weighted by molar-refractivity contribution is -0.119. The van der Waals surface area contributed by atoms with Gasteiger partial charge in [0, 0.05) is 18.8 Å². The molecule has 3 aromatic rings. The summed E-state index contributed by atoms with van der Waals surface area (Å²) in [7, 11) is -4.01. The van der Waals surface area contributed by atoms with Gasteiger partial charge in [-0.15, -0.1) is 0 Å². The zero-order valence-electron chi connectivity index (χ0n) is 18.1. The number of nitrogens with zero attached hydrogens (tertiary/aromatic N) is 3. The van der Waals surface area contributed by atoms with Crippen LogP contribution in [0.4, 0.5) is 11.4 Å². The van der Waals surface area contributed by atoms with E-state index in [-0.39, 0.29) is 16.5 Å². The van der Waals surface area contributed by atoms with Crippen LogP contribution in [0.25, 0.3) is 0 Å². The molecule has 170 valence electrons. The molecule has 0 fully saturated rings. The van der Waals surface area contributed by atoms with Crippen LogP contribution in [-0.4, -0.2) is 37.5 Å². The molecule has 0 saturated heterocycles. The van der Waals surface area contributed by atoms with Crippen molar-refractivity contribution in [3.8, 4) is 0 Å². The molecule has 1 aromatic heterocycles. The van der Waals surface area contributed by atoms with Crippen molar-refractivity contribution in [2.24, 2.45) is 5.10 Å². The second kappa shape index (κ2) is 10.5. The van der Waals surface area contributed by atoms with Crippen molar-refractivity contribution in [3.63, 3.8) is 0 Å². The molecule has 2 aromatic carbocycles. The monoisotopic (exact) mass is 465 g/mol. The Bertz CT molecular complexity index is 1260. The maximum atomic E-state index is 13.2. The van der Waals surface area contributed by atoms with E-state index in [4.69, 9.17) is 0 Å². The van der Waals surface area contributed by atoms with Crippen molar-refractivity contribution in [2.75, 3.05) is 16.2 Å². The Labute approximate surface area is 192 Å². The fourth-order valence-electron chi connectivity index (χ4n) is 2.94. The Balaban J connectivity index is 1.80. The number of hydrazone groups is 1. The molecule has 0 aliphatic rings. The van der Waals surface area contributed by atoms with E-state index in [2.05, 4.69) is 20.8 Å². The summed E-state index contributed by atoms with van der Waals surface area (Å²) in [6.07, 6.45) is 2.88. The highest BCUT2D eigenvalue weighted by Gasteiger charge is 2.27. The average molecular weight is 466 g/mol. The molecule has 0 bridgehead atoms. The first-order valence-electron chi connectivity index (χ1n) is 9.96. The standard InChI is InChI=1S/C23H23N5O4S/c1-17(19-8-6-9-20(14-19)25-18(2)29)26-27-23(30)16-28(21-10-7-13-24-15-21)33(31,32)22-11-4-3-5-12-22/h3-15H,16H2,1-2H3,(H,25,29)(H,27,30)/b26-17-. The highest BCUT2D eigenvalue weighted by molar-refractivity contribution is 7.92. The zero-order valence-corrected chi connectivity index (χ0v) is 18.9. The van der Waals surface area contributed by atoms with E-state index in [9.17, 15) is 18.0 Å². The van der Waals surface area contributed by atoms with Gasteiger partial charge in [0.25, 0.3) is 15.9 Å². The summed E-state index contributed by atoms with van der Waals surface area (Å²) in [5.74, 6) is -0.833. The minimum absolute atomic E-state index is 0.0520. The van der Waals surface area contributed by atoms with Gasteiger partial charge < -0.3 is 5.32 Å². The molecule has 33 heavy (non-hydrogen) atoms. The van der Waals surface area contributed by atoms with Crippen LogP contribution in [0.2, 0.25) is 0 Å². The predicted molar refractivity (Wildman–Crippen MR) is 126 cm³/mol. The van der Waals surface area contributed by atoms with Crippen molar-refractivity contribution >= 4 is 38.9 Å². The minimum atomic E-state index is -4.01. The molecule has 0 atom stereocenters. The van der Waals surface area contributed by atoms with Gasteiger partial charge in [-0.1, -0.05) is 30.3 Å². The number of pyridine rings is 1. The third kappa shape index (κ3) is 6.23. The van der Waals surface area contributed by atoms with E-state index in [0.29, 0.717) is 17.0 Å². The summed E-state index contributed by atoms with van der Waals surface area (Å²) in [5.41, 5.74) is 4.41. The number of anilines is 2. The largest absolute Gasteiger partial charge is 0.326 e. The molecule has 2 N–H and O–H groups in total. The first-order chi connectivity index (χ1) is 15.8. The molecule has 3 rings (SSSR count). The Morgan fingerprint density at radius 1 is 1.00 bits per heavy atom. The second-order valence-electron chi connectivity index (χ2n) is 7.03. The molecule has 9 nitrogen and oxygen atoms in total. The molecule has 0 radical (unpaired) electrons. The van der Waals surface area contributed by atoms with Crippen LogP contribution in [0.5, 0.6) is 0 Å². The van der Waals surface area contributed by atoms with E-state index in [1.54, 1.807) is 61.5 Å². The summed E-state index contributed by atoms with van der Waals surface area (Å²) >= 11 is 0. The summed E-state index contributed by atoms with van der Waals surface area (Å²) in [6, 6.07) is 18.0. The van der Waals surface area contributed by atoms with Crippen LogP contribution in [0, 0.1) is 0 Å². The quantitative estimate of drug-likeness (QED) is 0.391. The summed E-state index contributed by atoms with van der Waals surface area (Å²) in [4.78, 5) is 27.9. The van der Waals surface area contributed by atoms with Gasteiger partial charge >= 0.3 is 0 Å². The van der Waals surface area contributed by atoms with Crippen molar-refractivity contribution in [1.29, 1.82) is 0 Å². The van der Waals surface area contributed by atoms with E-state index >= 15 is 0 Å². The van der Waals surface area contributed by atoms with Gasteiger partial charge in [-0.2, -0.15) is 5.10 Å². The molecule has 2 amide bonds. The number of aromatic nitrogens is 1. The number of amides is 2. The number of hydrogen-bond acceptors (Lipinski definition) is 6. The van der Waals surface area contributed by atoms with Crippen LogP contribution in [-0.2, 0) is 19.6 Å². The summed E-state index contributed by atoms with van der Waals surface area (Å²) in [5, 5.41) is 6.76. The van der Waals surface area contributed by atoms with Crippen molar-refractivity contribution in [2.45, 2.75) is 18.7 Å². The van der Waals surface area contributed by atoms with Gasteiger partial charge in [-0.05, 0) is 48.9 Å². The molecular formula is C23H23N5O4S. The maximum absolute atomic E-state index is 13.2. The molecule has 1 heterocycles. The highest BCUT2D eigenvalue weighted by atomic mass is 32.2. The fourth-order valence-corrected chi connectivity index (χ4v) is 4.37. The van der Waals surface area contributed by atoms with Crippen molar-refractivity contribution < 1.29 is 18.0 Å². The van der Waals surface area contributed by atoms with Gasteiger partial charge in [-0.25, -0.2) is 13.8 Å². The highest BCUT2D eigenvalue weighted by Crippen LogP contribution is 2.22. The number of carbonyl (C=O) groups is 2. The third-order valence-corrected chi connectivity index (χ3v) is 6.29. The van der Waals surface area contributed by atoms with Crippen LogP contribution in [0.3, 0.4) is 0 Å². The van der Waals surface area contributed by atoms with Crippen molar-refractivity contribution in [1.82, 2.24) is 10.4 Å². The number of benzene rings is 2. The zero-order chi connectivity index (χ0) is 23.8. The fraction of sp³-hybridized carbons (Fsp3) is 0.130. The van der Waals surface area contributed by atoms with Crippen molar-refractivity contribution in [3.05, 3.63) is 84.7 Å². The first-order valence-corrected chi connectivity index (χ1v) is 11.4. The normalized spacial score (nSPS) is 11.5. The lowest BCUT2D eigenvalue weighted by Crippen LogP contribution is -2.39. The Hall–Kier alpha value is -4.05. The molecular weight excluding hydrogens is 442 g/mol. The molecule has 0 unspecified atom stereocenters. The molecule has 0 spiro atoms. The second-order valence-corrected chi connectivity index (χ2v) is 8.89. The number of rotatable bonds is 8. The predicted octanol–water partition coefficient (Wildman–Crippen LogP) is 2.78. The maximum Gasteiger partial charge on any atom is 0.264 e. The lowest BCUT2D eigenvalue weighted by Gasteiger charge is -2.23. The Morgan fingerprint density at radius 2 is 1.76 bits per heavy atom. The number of carbonyl (C=O) groups excluding carboxylic acids is 2. The van der Waals surface area contributed by atoms with Gasteiger partial charge in [0.05, 0.1) is 22.5 Å². The number of sulfonamides is 1. The average Bonchev–Trinajstić information content (AvgIpc) is 2.81. The van der Waals surface area contributed by atoms with Crippen LogP contribution < -0.4 is 15.0 Å². The van der Waals surface area contributed by atoms with E-state index < -0.39 is 22.5 Å². The summed E-state index contributed by atoms with van der Waals surface area (Å²) < 4.78 is 27.4. The Morgan fingerprint density at radius 3 is 2.42 bits per heavy atom. The third-order valence-electron chi connectivity index (χ3n) is 4.50. The molecule has 0 saturated carbocycles.